The van der Waals surface area contributed by atoms with Gasteiger partial charge in [-0.2, -0.15) is 0 Å². The highest BCUT2D eigenvalue weighted by atomic mass is 31.2. The zero-order valence-electron chi connectivity index (χ0n) is 21.7. The normalized spacial score (nSPS) is 12.8. The second kappa shape index (κ2) is 15.4. The number of phosphoric ester groups is 1. The number of phosphoric acid groups is 1. The fourth-order valence-electron chi connectivity index (χ4n) is 3.90. The summed E-state index contributed by atoms with van der Waals surface area (Å²) in [6, 6.07) is 14.8. The number of nitrogens with one attached hydrogen (secondary N) is 1. The molecule has 2 rings (SSSR count). The minimum atomic E-state index is -4.23. The van der Waals surface area contributed by atoms with E-state index in [0.29, 0.717) is 41.9 Å². The van der Waals surface area contributed by atoms with Gasteiger partial charge in [-0.3, -0.25) is 9.88 Å². The van der Waals surface area contributed by atoms with Gasteiger partial charge >= 0.3 is 6.09 Å². The molecule has 1 amide bonds. The molecule has 0 aliphatic rings. The molecule has 2 aromatic carbocycles. The molecular formula is C26H36N3O7P. The van der Waals surface area contributed by atoms with Crippen LogP contribution in [-0.4, -0.2) is 56.6 Å². The van der Waals surface area contributed by atoms with Crippen LogP contribution in [0.25, 0.3) is 0 Å². The van der Waals surface area contributed by atoms with Crippen molar-refractivity contribution in [1.82, 2.24) is 0 Å². The van der Waals surface area contributed by atoms with Crippen LogP contribution in [0.15, 0.2) is 48.5 Å². The standard InChI is InChI=1S/C26H36N3O7P/c1-4-29(5-2,16-7-18-36-37(31,32)35-6-3)17-19-33-26(30)28-24-12-8-22(9-13-24)20-23-10-14-25(15-11-23)34-21-27/h8-15H,4-7,16-20H2,1-3H3,(H-,28,30,31,32). The molecule has 10 nitrogen and oxygen atoms in total. The number of carbonyl (C=O) groups excluding carboxylic acids is 1. The number of amides is 1. The lowest BCUT2D eigenvalue weighted by Gasteiger charge is -2.37. The van der Waals surface area contributed by atoms with E-state index in [1.54, 1.807) is 25.3 Å². The van der Waals surface area contributed by atoms with E-state index in [2.05, 4.69) is 23.7 Å². The van der Waals surface area contributed by atoms with Crippen molar-refractivity contribution in [2.75, 3.05) is 51.3 Å². The van der Waals surface area contributed by atoms with Crippen LogP contribution < -0.4 is 14.9 Å². The predicted octanol–water partition coefficient (Wildman–Crippen LogP) is 4.45. The summed E-state index contributed by atoms with van der Waals surface area (Å²) in [5, 5.41) is 11.3. The molecule has 202 valence electrons. The Kier molecular flexibility index (Phi) is 12.6. The first-order valence-electron chi connectivity index (χ1n) is 12.4. The summed E-state index contributed by atoms with van der Waals surface area (Å²) in [5.41, 5.74) is 2.77. The van der Waals surface area contributed by atoms with Gasteiger partial charge in [-0.05, 0) is 62.6 Å². The molecule has 0 aromatic heterocycles. The number of anilines is 1. The van der Waals surface area contributed by atoms with Crippen molar-refractivity contribution >= 4 is 19.6 Å². The summed E-state index contributed by atoms with van der Waals surface area (Å²) in [6.45, 7) is 8.97. The Morgan fingerprint density at radius 1 is 0.973 bits per heavy atom. The molecule has 0 heterocycles. The number of hydrogen-bond acceptors (Lipinski definition) is 8. The summed E-state index contributed by atoms with van der Waals surface area (Å²) < 4.78 is 31.9. The summed E-state index contributed by atoms with van der Waals surface area (Å²) in [6.07, 6.45) is 2.36. The minimum Gasteiger partial charge on any atom is -0.756 e. The van der Waals surface area contributed by atoms with Gasteiger partial charge < -0.3 is 27.9 Å². The SMILES string of the molecule is CCOP(=O)([O-])OCCC[N+](CC)(CC)CCOC(=O)Nc1ccc(Cc2ccc(OC#N)cc2)cc1. The second-order valence-corrected chi connectivity index (χ2v) is 9.86. The monoisotopic (exact) mass is 533 g/mol. The number of carbonyl (C=O) groups is 1. The van der Waals surface area contributed by atoms with Gasteiger partial charge in [0.25, 0.3) is 14.1 Å². The van der Waals surface area contributed by atoms with Crippen LogP contribution in [0.2, 0.25) is 0 Å². The maximum atomic E-state index is 12.3. The molecule has 1 unspecified atom stereocenters. The number of nitrogens with zero attached hydrogens (tertiary/aromatic N) is 2. The van der Waals surface area contributed by atoms with Gasteiger partial charge in [0.05, 0.1) is 32.8 Å². The largest absolute Gasteiger partial charge is 0.756 e. The fourth-order valence-corrected chi connectivity index (χ4v) is 4.64. The molecule has 0 radical (unpaired) electrons. The summed E-state index contributed by atoms with van der Waals surface area (Å²) in [4.78, 5) is 23.8. The van der Waals surface area contributed by atoms with Gasteiger partial charge in [-0.15, -0.1) is 5.26 Å². The van der Waals surface area contributed by atoms with Gasteiger partial charge in [-0.1, -0.05) is 24.3 Å². The molecule has 0 saturated heterocycles. The van der Waals surface area contributed by atoms with E-state index in [9.17, 15) is 14.3 Å². The predicted molar refractivity (Wildman–Crippen MR) is 138 cm³/mol. The number of rotatable bonds is 16. The average molecular weight is 534 g/mol. The number of ether oxygens (including phenoxy) is 2. The van der Waals surface area contributed by atoms with Gasteiger partial charge in [0, 0.05) is 12.1 Å². The van der Waals surface area contributed by atoms with Gasteiger partial charge in [-0.25, -0.2) is 4.79 Å². The highest BCUT2D eigenvalue weighted by molar-refractivity contribution is 7.45. The molecular weight excluding hydrogens is 497 g/mol. The van der Waals surface area contributed by atoms with Crippen molar-refractivity contribution < 1.29 is 37.3 Å². The van der Waals surface area contributed by atoms with Crippen LogP contribution in [0, 0.1) is 11.5 Å². The minimum absolute atomic E-state index is 0.0454. The van der Waals surface area contributed by atoms with E-state index >= 15 is 0 Å². The highest BCUT2D eigenvalue weighted by Gasteiger charge is 2.23. The molecule has 0 aliphatic carbocycles. The third kappa shape index (κ3) is 10.9. The van der Waals surface area contributed by atoms with Crippen molar-refractivity contribution in [2.45, 2.75) is 33.6 Å². The number of benzene rings is 2. The lowest BCUT2D eigenvalue weighted by Crippen LogP contribution is -2.51. The van der Waals surface area contributed by atoms with Crippen molar-refractivity contribution in [1.29, 1.82) is 5.26 Å². The lowest BCUT2D eigenvalue weighted by atomic mass is 10.0. The number of nitriles is 1. The van der Waals surface area contributed by atoms with Gasteiger partial charge in [0.2, 0.25) is 0 Å². The van der Waals surface area contributed by atoms with Crippen LogP contribution in [0.3, 0.4) is 0 Å². The van der Waals surface area contributed by atoms with E-state index in [4.69, 9.17) is 19.3 Å². The van der Waals surface area contributed by atoms with Crippen LogP contribution in [0.5, 0.6) is 5.75 Å². The van der Waals surface area contributed by atoms with Crippen LogP contribution in [0.4, 0.5) is 10.5 Å². The fraction of sp³-hybridized carbons (Fsp3) is 0.462. The van der Waals surface area contributed by atoms with E-state index in [-0.39, 0.29) is 19.8 Å². The summed E-state index contributed by atoms with van der Waals surface area (Å²) >= 11 is 0. The smallest absolute Gasteiger partial charge is 0.411 e. The number of quaternary nitrogens is 1. The quantitative estimate of drug-likeness (QED) is 0.145. The third-order valence-electron chi connectivity index (χ3n) is 6.15. The first kappa shape index (κ1) is 30.3. The first-order chi connectivity index (χ1) is 17.7. The van der Waals surface area contributed by atoms with E-state index in [1.807, 2.05) is 36.4 Å². The summed E-state index contributed by atoms with van der Waals surface area (Å²) in [7, 11) is -4.23. The molecule has 0 bridgehead atoms. The molecule has 37 heavy (non-hydrogen) atoms. The van der Waals surface area contributed by atoms with E-state index in [0.717, 1.165) is 24.2 Å². The average Bonchev–Trinajstić information content (AvgIpc) is 2.88. The Labute approximate surface area is 218 Å². The number of hydrogen-bond donors (Lipinski definition) is 1. The topological polar surface area (TPSA) is 130 Å². The Morgan fingerprint density at radius 2 is 1.59 bits per heavy atom. The third-order valence-corrected chi connectivity index (χ3v) is 7.22. The lowest BCUT2D eigenvalue weighted by molar-refractivity contribution is -0.925. The van der Waals surface area contributed by atoms with Gasteiger partial charge in [0.1, 0.15) is 18.9 Å². The molecule has 1 N–H and O–H groups in total. The molecule has 11 heteroatoms. The molecule has 0 spiro atoms. The first-order valence-corrected chi connectivity index (χ1v) is 13.8. The summed E-state index contributed by atoms with van der Waals surface area (Å²) in [5.74, 6) is 0.500. The van der Waals surface area contributed by atoms with E-state index in [1.165, 1.54) is 0 Å². The zero-order valence-corrected chi connectivity index (χ0v) is 22.6. The maximum Gasteiger partial charge on any atom is 0.411 e. The van der Waals surface area contributed by atoms with E-state index < -0.39 is 13.9 Å². The zero-order chi connectivity index (χ0) is 27.2. The Bertz CT molecular complexity index is 1050. The maximum absolute atomic E-state index is 12.3. The molecule has 0 aliphatic heterocycles. The molecule has 2 aromatic rings. The molecule has 0 fully saturated rings. The van der Waals surface area contributed by atoms with Gasteiger partial charge in [0.15, 0.2) is 0 Å². The van der Waals surface area contributed by atoms with Crippen molar-refractivity contribution in [3.8, 4) is 12.0 Å². The van der Waals surface area contributed by atoms with Crippen LogP contribution in [-0.2, 0) is 24.8 Å². The second-order valence-electron chi connectivity index (χ2n) is 8.44. The highest BCUT2D eigenvalue weighted by Crippen LogP contribution is 2.37. The number of likely N-dealkylation sites (N-methyl/N-ethyl adjacent to an activating group) is 1. The molecule has 0 saturated carbocycles. The van der Waals surface area contributed by atoms with Crippen LogP contribution >= 0.6 is 7.82 Å². The Balaban J connectivity index is 1.77. The Hall–Kier alpha value is -2.93. The van der Waals surface area contributed by atoms with Crippen molar-refractivity contribution in [2.24, 2.45) is 0 Å². The van der Waals surface area contributed by atoms with Crippen LogP contribution in [0.1, 0.15) is 38.3 Å². The van der Waals surface area contributed by atoms with Crippen molar-refractivity contribution in [3.63, 3.8) is 0 Å². The molecule has 1 atom stereocenters. The Morgan fingerprint density at radius 3 is 2.16 bits per heavy atom. The van der Waals surface area contributed by atoms with Crippen molar-refractivity contribution in [3.05, 3.63) is 59.7 Å².